The first-order chi connectivity index (χ1) is 9.05. The second-order valence-electron chi connectivity index (χ2n) is 6.36. The van der Waals surface area contributed by atoms with Crippen molar-refractivity contribution in [1.29, 1.82) is 0 Å². The summed E-state index contributed by atoms with van der Waals surface area (Å²) in [7, 11) is 0. The second kappa shape index (κ2) is 4.49. The SMILES string of the molecule is CC1(C)C[C@@H](N)CN(c2cccc3cccnc23)C1. The molecule has 2 aromatic rings. The fourth-order valence-electron chi connectivity index (χ4n) is 3.23. The van der Waals surface area contributed by atoms with Gasteiger partial charge in [-0.1, -0.05) is 32.0 Å². The number of para-hydroxylation sites is 1. The summed E-state index contributed by atoms with van der Waals surface area (Å²) in [5, 5.41) is 1.19. The van der Waals surface area contributed by atoms with Crippen molar-refractivity contribution < 1.29 is 0 Å². The van der Waals surface area contributed by atoms with Crippen LogP contribution in [0.5, 0.6) is 0 Å². The summed E-state index contributed by atoms with van der Waals surface area (Å²) < 4.78 is 0. The monoisotopic (exact) mass is 255 g/mol. The predicted molar refractivity (Wildman–Crippen MR) is 80.3 cm³/mol. The normalized spacial score (nSPS) is 22.7. The number of hydrogen-bond acceptors (Lipinski definition) is 3. The lowest BCUT2D eigenvalue weighted by Gasteiger charge is -2.42. The lowest BCUT2D eigenvalue weighted by molar-refractivity contribution is 0.268. The van der Waals surface area contributed by atoms with Gasteiger partial charge >= 0.3 is 0 Å². The highest BCUT2D eigenvalue weighted by atomic mass is 15.2. The number of anilines is 1. The van der Waals surface area contributed by atoms with Crippen molar-refractivity contribution in [3.8, 4) is 0 Å². The second-order valence-corrected chi connectivity index (χ2v) is 6.36. The van der Waals surface area contributed by atoms with E-state index in [-0.39, 0.29) is 11.5 Å². The molecule has 2 heterocycles. The minimum Gasteiger partial charge on any atom is -0.368 e. The first kappa shape index (κ1) is 12.4. The molecule has 1 saturated heterocycles. The Kier molecular flexibility index (Phi) is 2.94. The van der Waals surface area contributed by atoms with Gasteiger partial charge in [0.25, 0.3) is 0 Å². The van der Waals surface area contributed by atoms with Gasteiger partial charge in [0.15, 0.2) is 0 Å². The predicted octanol–water partition coefficient (Wildman–Crippen LogP) is 2.80. The van der Waals surface area contributed by atoms with Gasteiger partial charge in [-0.2, -0.15) is 0 Å². The number of nitrogens with two attached hydrogens (primary N) is 1. The molecule has 0 saturated carbocycles. The van der Waals surface area contributed by atoms with E-state index < -0.39 is 0 Å². The number of rotatable bonds is 1. The summed E-state index contributed by atoms with van der Waals surface area (Å²) in [5.74, 6) is 0. The molecule has 1 aliphatic rings. The van der Waals surface area contributed by atoms with E-state index in [1.165, 1.54) is 11.1 Å². The van der Waals surface area contributed by atoms with Gasteiger partial charge in [-0.3, -0.25) is 4.98 Å². The highest BCUT2D eigenvalue weighted by molar-refractivity contribution is 5.90. The lowest BCUT2D eigenvalue weighted by atomic mass is 9.81. The molecular weight excluding hydrogens is 234 g/mol. The highest BCUT2D eigenvalue weighted by Gasteiger charge is 2.31. The van der Waals surface area contributed by atoms with Crippen LogP contribution < -0.4 is 10.6 Å². The van der Waals surface area contributed by atoms with E-state index in [1.807, 2.05) is 12.3 Å². The van der Waals surface area contributed by atoms with Crippen LogP contribution in [0, 0.1) is 5.41 Å². The van der Waals surface area contributed by atoms with E-state index in [9.17, 15) is 0 Å². The molecule has 2 N–H and O–H groups in total. The van der Waals surface area contributed by atoms with Crippen molar-refractivity contribution in [2.75, 3.05) is 18.0 Å². The molecule has 0 unspecified atom stereocenters. The Balaban J connectivity index is 2.04. The van der Waals surface area contributed by atoms with Crippen molar-refractivity contribution in [2.24, 2.45) is 11.1 Å². The molecule has 3 nitrogen and oxygen atoms in total. The molecule has 0 bridgehead atoms. The van der Waals surface area contributed by atoms with Crippen LogP contribution in [0.25, 0.3) is 10.9 Å². The number of nitrogens with zero attached hydrogens (tertiary/aromatic N) is 2. The number of pyridine rings is 1. The molecule has 1 aromatic heterocycles. The molecular formula is C16H21N3. The molecule has 0 radical (unpaired) electrons. The van der Waals surface area contributed by atoms with Crippen LogP contribution in [0.3, 0.4) is 0 Å². The zero-order valence-electron chi connectivity index (χ0n) is 11.6. The van der Waals surface area contributed by atoms with Gasteiger partial charge < -0.3 is 10.6 Å². The Labute approximate surface area is 114 Å². The average molecular weight is 255 g/mol. The molecule has 3 heteroatoms. The van der Waals surface area contributed by atoms with Crippen molar-refractivity contribution in [3.05, 3.63) is 36.5 Å². The fourth-order valence-corrected chi connectivity index (χ4v) is 3.23. The number of piperidine rings is 1. The van der Waals surface area contributed by atoms with E-state index in [1.54, 1.807) is 0 Å². The van der Waals surface area contributed by atoms with Crippen LogP contribution in [0.4, 0.5) is 5.69 Å². The van der Waals surface area contributed by atoms with E-state index in [2.05, 4.69) is 48.0 Å². The van der Waals surface area contributed by atoms with Gasteiger partial charge in [0.2, 0.25) is 0 Å². The molecule has 1 fully saturated rings. The van der Waals surface area contributed by atoms with Crippen LogP contribution in [-0.4, -0.2) is 24.1 Å². The van der Waals surface area contributed by atoms with Gasteiger partial charge in [-0.05, 0) is 24.0 Å². The van der Waals surface area contributed by atoms with Gasteiger partial charge in [-0.15, -0.1) is 0 Å². The Hall–Kier alpha value is -1.61. The Bertz CT molecular complexity index is 586. The maximum absolute atomic E-state index is 6.22. The summed E-state index contributed by atoms with van der Waals surface area (Å²) in [5.41, 5.74) is 8.77. The summed E-state index contributed by atoms with van der Waals surface area (Å²) >= 11 is 0. The Morgan fingerprint density at radius 3 is 2.84 bits per heavy atom. The molecule has 19 heavy (non-hydrogen) atoms. The minimum atomic E-state index is 0.239. The molecule has 1 aromatic carbocycles. The van der Waals surface area contributed by atoms with Crippen molar-refractivity contribution >= 4 is 16.6 Å². The van der Waals surface area contributed by atoms with Gasteiger partial charge in [0.05, 0.1) is 11.2 Å². The minimum absolute atomic E-state index is 0.239. The van der Waals surface area contributed by atoms with Crippen LogP contribution in [0.15, 0.2) is 36.5 Å². The van der Waals surface area contributed by atoms with Gasteiger partial charge in [0.1, 0.15) is 0 Å². The van der Waals surface area contributed by atoms with Crippen LogP contribution in [0.2, 0.25) is 0 Å². The van der Waals surface area contributed by atoms with E-state index in [0.717, 1.165) is 25.0 Å². The van der Waals surface area contributed by atoms with E-state index in [4.69, 9.17) is 5.73 Å². The zero-order chi connectivity index (χ0) is 13.5. The number of fused-ring (bicyclic) bond motifs is 1. The summed E-state index contributed by atoms with van der Waals surface area (Å²) in [6.45, 7) is 6.53. The van der Waals surface area contributed by atoms with Crippen LogP contribution >= 0.6 is 0 Å². The Morgan fingerprint density at radius 2 is 2.05 bits per heavy atom. The smallest absolute Gasteiger partial charge is 0.0935 e. The van der Waals surface area contributed by atoms with Crippen molar-refractivity contribution in [3.63, 3.8) is 0 Å². The number of benzene rings is 1. The third-order valence-corrected chi connectivity index (χ3v) is 3.84. The third-order valence-electron chi connectivity index (χ3n) is 3.84. The maximum Gasteiger partial charge on any atom is 0.0935 e. The first-order valence-corrected chi connectivity index (χ1v) is 6.89. The topological polar surface area (TPSA) is 42.1 Å². The lowest BCUT2D eigenvalue weighted by Crippen LogP contribution is -2.50. The van der Waals surface area contributed by atoms with E-state index in [0.29, 0.717) is 0 Å². The molecule has 1 aliphatic heterocycles. The summed E-state index contributed by atoms with van der Waals surface area (Å²) in [4.78, 5) is 6.94. The summed E-state index contributed by atoms with van der Waals surface area (Å²) in [6, 6.07) is 10.7. The molecule has 0 amide bonds. The highest BCUT2D eigenvalue weighted by Crippen LogP contribution is 2.33. The number of aromatic nitrogens is 1. The van der Waals surface area contributed by atoms with Gasteiger partial charge in [0, 0.05) is 30.7 Å². The maximum atomic E-state index is 6.22. The molecule has 100 valence electrons. The quantitative estimate of drug-likeness (QED) is 0.852. The molecule has 0 aliphatic carbocycles. The summed E-state index contributed by atoms with van der Waals surface area (Å²) in [6.07, 6.45) is 2.95. The number of hydrogen-bond donors (Lipinski definition) is 1. The van der Waals surface area contributed by atoms with E-state index >= 15 is 0 Å². The van der Waals surface area contributed by atoms with Crippen molar-refractivity contribution in [1.82, 2.24) is 4.98 Å². The Morgan fingerprint density at radius 1 is 1.26 bits per heavy atom. The molecule has 3 rings (SSSR count). The van der Waals surface area contributed by atoms with Crippen LogP contribution in [-0.2, 0) is 0 Å². The van der Waals surface area contributed by atoms with Gasteiger partial charge in [-0.25, -0.2) is 0 Å². The largest absolute Gasteiger partial charge is 0.368 e. The average Bonchev–Trinajstić information content (AvgIpc) is 2.35. The zero-order valence-corrected chi connectivity index (χ0v) is 11.6. The van der Waals surface area contributed by atoms with Crippen LogP contribution in [0.1, 0.15) is 20.3 Å². The molecule has 1 atom stereocenters. The molecule has 0 spiro atoms. The standard InChI is InChI=1S/C16H21N3/c1-16(2)9-13(17)10-19(11-16)14-7-3-5-12-6-4-8-18-15(12)14/h3-8,13H,9-11,17H2,1-2H3/t13-/m1/s1. The first-order valence-electron chi connectivity index (χ1n) is 6.89. The van der Waals surface area contributed by atoms with Crippen molar-refractivity contribution in [2.45, 2.75) is 26.3 Å². The fraction of sp³-hybridized carbons (Fsp3) is 0.438. The third kappa shape index (κ3) is 2.43.